The second-order valence-corrected chi connectivity index (χ2v) is 6.73. The Labute approximate surface area is 139 Å². The Kier molecular flexibility index (Phi) is 6.60. The zero-order valence-corrected chi connectivity index (χ0v) is 14.4. The molecule has 0 radical (unpaired) electrons. The molecule has 0 bridgehead atoms. The fourth-order valence-electron chi connectivity index (χ4n) is 3.43. The number of likely N-dealkylation sites (tertiary alicyclic amines) is 1. The van der Waals surface area contributed by atoms with Gasteiger partial charge in [0.1, 0.15) is 0 Å². The first-order valence-corrected chi connectivity index (χ1v) is 8.82. The van der Waals surface area contributed by atoms with E-state index in [9.17, 15) is 9.90 Å². The van der Waals surface area contributed by atoms with Crippen LogP contribution in [0.15, 0.2) is 30.3 Å². The van der Waals surface area contributed by atoms with Gasteiger partial charge in [0.05, 0.1) is 5.41 Å². The standard InChI is InChI=1S/C19H30N2O2/c1-3-19(4-2,18(22)23)15-20-17-11-8-12-21(14-17)13-16-9-6-5-7-10-16/h5-7,9-10,17,20H,3-4,8,11-15H2,1-2H3,(H,22,23). The predicted octanol–water partition coefficient (Wildman–Crippen LogP) is 3.13. The van der Waals surface area contributed by atoms with Crippen LogP contribution in [0.1, 0.15) is 45.1 Å². The number of carboxylic acids is 1. The van der Waals surface area contributed by atoms with Gasteiger partial charge in [-0.3, -0.25) is 9.69 Å². The number of hydrogen-bond acceptors (Lipinski definition) is 3. The van der Waals surface area contributed by atoms with Crippen LogP contribution in [0.5, 0.6) is 0 Å². The van der Waals surface area contributed by atoms with Crippen molar-refractivity contribution in [3.63, 3.8) is 0 Å². The molecule has 1 aliphatic heterocycles. The molecule has 1 saturated heterocycles. The van der Waals surface area contributed by atoms with Gasteiger partial charge in [-0.2, -0.15) is 0 Å². The minimum Gasteiger partial charge on any atom is -0.481 e. The van der Waals surface area contributed by atoms with Crippen LogP contribution >= 0.6 is 0 Å². The molecule has 1 aromatic carbocycles. The minimum absolute atomic E-state index is 0.393. The first kappa shape index (κ1) is 18.0. The third-order valence-corrected chi connectivity index (χ3v) is 5.29. The van der Waals surface area contributed by atoms with E-state index in [1.54, 1.807) is 0 Å². The van der Waals surface area contributed by atoms with Gasteiger partial charge >= 0.3 is 5.97 Å². The van der Waals surface area contributed by atoms with E-state index in [1.807, 2.05) is 19.9 Å². The summed E-state index contributed by atoms with van der Waals surface area (Å²) in [6.07, 6.45) is 3.65. The highest BCUT2D eigenvalue weighted by Gasteiger charge is 2.35. The molecule has 0 amide bonds. The van der Waals surface area contributed by atoms with Crippen LogP contribution in [0.3, 0.4) is 0 Å². The summed E-state index contributed by atoms with van der Waals surface area (Å²) >= 11 is 0. The third kappa shape index (κ3) is 4.79. The van der Waals surface area contributed by atoms with Crippen molar-refractivity contribution in [1.29, 1.82) is 0 Å². The predicted molar refractivity (Wildman–Crippen MR) is 93.4 cm³/mol. The number of aliphatic carboxylic acids is 1. The quantitative estimate of drug-likeness (QED) is 0.773. The van der Waals surface area contributed by atoms with Crippen molar-refractivity contribution < 1.29 is 9.90 Å². The van der Waals surface area contributed by atoms with Gasteiger partial charge in [-0.15, -0.1) is 0 Å². The Morgan fingerprint density at radius 2 is 2.00 bits per heavy atom. The summed E-state index contributed by atoms with van der Waals surface area (Å²) < 4.78 is 0. The molecular weight excluding hydrogens is 288 g/mol. The molecule has 0 aromatic heterocycles. The Hall–Kier alpha value is -1.39. The van der Waals surface area contributed by atoms with Gasteiger partial charge in [-0.25, -0.2) is 0 Å². The molecule has 0 aliphatic carbocycles. The SMILES string of the molecule is CCC(CC)(CNC1CCCN(Cc2ccccc2)C1)C(=O)O. The molecule has 2 N–H and O–H groups in total. The summed E-state index contributed by atoms with van der Waals surface area (Å²) in [6, 6.07) is 10.9. The number of piperidine rings is 1. The summed E-state index contributed by atoms with van der Waals surface area (Å²) in [5, 5.41) is 13.1. The van der Waals surface area contributed by atoms with E-state index in [2.05, 4.69) is 34.5 Å². The van der Waals surface area contributed by atoms with E-state index in [4.69, 9.17) is 0 Å². The van der Waals surface area contributed by atoms with Crippen molar-refractivity contribution in [2.45, 2.75) is 52.1 Å². The molecular formula is C19H30N2O2. The van der Waals surface area contributed by atoms with Gasteiger partial charge in [-0.1, -0.05) is 44.2 Å². The Balaban J connectivity index is 1.87. The number of rotatable bonds is 8. The van der Waals surface area contributed by atoms with Gasteiger partial charge in [0.2, 0.25) is 0 Å². The van der Waals surface area contributed by atoms with Crippen molar-refractivity contribution in [1.82, 2.24) is 10.2 Å². The summed E-state index contributed by atoms with van der Waals surface area (Å²) in [5.41, 5.74) is 0.719. The molecule has 0 spiro atoms. The fraction of sp³-hybridized carbons (Fsp3) is 0.632. The highest BCUT2D eigenvalue weighted by molar-refractivity contribution is 5.74. The van der Waals surface area contributed by atoms with E-state index in [0.29, 0.717) is 25.4 Å². The van der Waals surface area contributed by atoms with E-state index >= 15 is 0 Å². The Bertz CT molecular complexity index is 485. The minimum atomic E-state index is -0.674. The van der Waals surface area contributed by atoms with E-state index in [0.717, 1.165) is 26.1 Å². The molecule has 1 aromatic rings. The van der Waals surface area contributed by atoms with Crippen LogP contribution in [0.4, 0.5) is 0 Å². The number of carbonyl (C=O) groups is 1. The number of carboxylic acid groups (broad SMARTS) is 1. The summed E-state index contributed by atoms with van der Waals surface area (Å²) in [6.45, 7) is 7.62. The van der Waals surface area contributed by atoms with Gasteiger partial charge in [0.15, 0.2) is 0 Å². The molecule has 1 atom stereocenters. The Morgan fingerprint density at radius 1 is 1.30 bits per heavy atom. The lowest BCUT2D eigenvalue weighted by Crippen LogP contribution is -2.50. The zero-order chi connectivity index (χ0) is 16.7. The highest BCUT2D eigenvalue weighted by Crippen LogP contribution is 2.26. The summed E-state index contributed by atoms with van der Waals surface area (Å²) in [4.78, 5) is 14.1. The van der Waals surface area contributed by atoms with E-state index in [1.165, 1.54) is 12.0 Å². The van der Waals surface area contributed by atoms with Crippen molar-refractivity contribution >= 4 is 5.97 Å². The molecule has 128 valence electrons. The first-order chi connectivity index (χ1) is 11.1. The average molecular weight is 318 g/mol. The Morgan fingerprint density at radius 3 is 2.61 bits per heavy atom. The lowest BCUT2D eigenvalue weighted by molar-refractivity contribution is -0.149. The number of benzene rings is 1. The lowest BCUT2D eigenvalue weighted by Gasteiger charge is -2.36. The van der Waals surface area contributed by atoms with Crippen LogP contribution in [0.25, 0.3) is 0 Å². The lowest BCUT2D eigenvalue weighted by atomic mass is 9.82. The first-order valence-electron chi connectivity index (χ1n) is 8.82. The smallest absolute Gasteiger partial charge is 0.310 e. The normalized spacial score (nSPS) is 19.7. The van der Waals surface area contributed by atoms with Crippen LogP contribution < -0.4 is 5.32 Å². The molecule has 4 heteroatoms. The van der Waals surface area contributed by atoms with Crippen molar-refractivity contribution in [2.24, 2.45) is 5.41 Å². The second kappa shape index (κ2) is 8.46. The molecule has 1 fully saturated rings. The van der Waals surface area contributed by atoms with E-state index < -0.39 is 11.4 Å². The molecule has 0 saturated carbocycles. The number of hydrogen-bond donors (Lipinski definition) is 2. The molecule has 4 nitrogen and oxygen atoms in total. The number of nitrogens with zero attached hydrogens (tertiary/aromatic N) is 1. The van der Waals surface area contributed by atoms with Gasteiger partial charge in [0.25, 0.3) is 0 Å². The van der Waals surface area contributed by atoms with Crippen molar-refractivity contribution in [3.8, 4) is 0 Å². The summed E-state index contributed by atoms with van der Waals surface area (Å²) in [5.74, 6) is -0.674. The van der Waals surface area contributed by atoms with Crippen molar-refractivity contribution in [2.75, 3.05) is 19.6 Å². The van der Waals surface area contributed by atoms with Gasteiger partial charge < -0.3 is 10.4 Å². The zero-order valence-electron chi connectivity index (χ0n) is 14.4. The average Bonchev–Trinajstić information content (AvgIpc) is 2.57. The van der Waals surface area contributed by atoms with Crippen molar-refractivity contribution in [3.05, 3.63) is 35.9 Å². The highest BCUT2D eigenvalue weighted by atomic mass is 16.4. The van der Waals surface area contributed by atoms with Crippen LogP contribution in [0, 0.1) is 5.41 Å². The maximum atomic E-state index is 11.6. The second-order valence-electron chi connectivity index (χ2n) is 6.73. The summed E-state index contributed by atoms with van der Waals surface area (Å²) in [7, 11) is 0. The monoisotopic (exact) mass is 318 g/mol. The van der Waals surface area contributed by atoms with Gasteiger partial charge in [-0.05, 0) is 37.8 Å². The maximum absolute atomic E-state index is 11.6. The molecule has 1 aliphatic rings. The van der Waals surface area contributed by atoms with Crippen LogP contribution in [-0.4, -0.2) is 41.7 Å². The van der Waals surface area contributed by atoms with Crippen LogP contribution in [0.2, 0.25) is 0 Å². The topological polar surface area (TPSA) is 52.6 Å². The molecule has 23 heavy (non-hydrogen) atoms. The third-order valence-electron chi connectivity index (χ3n) is 5.29. The van der Waals surface area contributed by atoms with E-state index in [-0.39, 0.29) is 0 Å². The van der Waals surface area contributed by atoms with Gasteiger partial charge in [0, 0.05) is 25.7 Å². The maximum Gasteiger partial charge on any atom is 0.310 e. The molecule has 1 unspecified atom stereocenters. The number of nitrogens with one attached hydrogen (secondary N) is 1. The molecule has 1 heterocycles. The van der Waals surface area contributed by atoms with Crippen LogP contribution in [-0.2, 0) is 11.3 Å². The largest absolute Gasteiger partial charge is 0.481 e. The fourth-order valence-corrected chi connectivity index (χ4v) is 3.43. The molecule has 2 rings (SSSR count).